The second-order valence-corrected chi connectivity index (χ2v) is 8.98. The second kappa shape index (κ2) is 8.16. The zero-order chi connectivity index (χ0) is 21.4. The molecule has 1 aliphatic rings. The van der Waals surface area contributed by atoms with E-state index in [4.69, 9.17) is 9.72 Å². The van der Waals surface area contributed by atoms with Crippen molar-refractivity contribution < 1.29 is 9.53 Å². The number of thiophene rings is 1. The molecule has 0 spiro atoms. The lowest BCUT2D eigenvalue weighted by molar-refractivity contribution is 0.102. The number of amides is 1. The van der Waals surface area contributed by atoms with Gasteiger partial charge in [0.05, 0.1) is 7.11 Å². The van der Waals surface area contributed by atoms with Crippen LogP contribution >= 0.6 is 11.3 Å². The molecule has 31 heavy (non-hydrogen) atoms. The number of fused-ring (bicyclic) bond motifs is 3. The van der Waals surface area contributed by atoms with Gasteiger partial charge in [0.2, 0.25) is 0 Å². The Labute approximate surface area is 185 Å². The van der Waals surface area contributed by atoms with Crippen LogP contribution in [0.15, 0.2) is 54.6 Å². The maximum absolute atomic E-state index is 13.2. The van der Waals surface area contributed by atoms with Crippen molar-refractivity contribution in [2.24, 2.45) is 0 Å². The Balaban J connectivity index is 1.70. The van der Waals surface area contributed by atoms with Crippen LogP contribution in [0, 0.1) is 6.92 Å². The smallest absolute Gasteiger partial charge is 0.274 e. The number of nitrogens with zero attached hydrogens (tertiary/aromatic N) is 1. The van der Waals surface area contributed by atoms with E-state index < -0.39 is 0 Å². The third-order valence-electron chi connectivity index (χ3n) is 5.97. The summed E-state index contributed by atoms with van der Waals surface area (Å²) in [5.74, 6) is 0.646. The van der Waals surface area contributed by atoms with Crippen molar-refractivity contribution in [3.8, 4) is 16.9 Å². The van der Waals surface area contributed by atoms with Gasteiger partial charge in [-0.25, -0.2) is 4.98 Å². The maximum atomic E-state index is 13.2. The van der Waals surface area contributed by atoms with Crippen LogP contribution in [-0.2, 0) is 12.8 Å². The Morgan fingerprint density at radius 2 is 1.77 bits per heavy atom. The Bertz CT molecular complexity index is 1260. The van der Waals surface area contributed by atoms with Crippen LogP contribution in [0.5, 0.6) is 5.75 Å². The number of benzene rings is 2. The molecule has 156 valence electrons. The van der Waals surface area contributed by atoms with Gasteiger partial charge in [-0.15, -0.1) is 11.3 Å². The maximum Gasteiger partial charge on any atom is 0.274 e. The molecule has 1 amide bonds. The third-order valence-corrected chi connectivity index (χ3v) is 7.16. The number of aryl methyl sites for hydroxylation is 2. The molecule has 0 unspecified atom stereocenters. The molecule has 5 rings (SSSR count). The summed E-state index contributed by atoms with van der Waals surface area (Å²) in [7, 11) is 1.67. The van der Waals surface area contributed by atoms with E-state index in [9.17, 15) is 4.79 Å². The quantitative estimate of drug-likeness (QED) is 0.408. The number of rotatable bonds is 4. The number of carbonyl (C=O) groups is 1. The topological polar surface area (TPSA) is 51.2 Å². The Morgan fingerprint density at radius 3 is 2.52 bits per heavy atom. The van der Waals surface area contributed by atoms with E-state index in [1.165, 1.54) is 28.7 Å². The predicted molar refractivity (Wildman–Crippen MR) is 127 cm³/mol. The highest BCUT2D eigenvalue weighted by Gasteiger charge is 2.25. The molecule has 0 bridgehead atoms. The van der Waals surface area contributed by atoms with Gasteiger partial charge < -0.3 is 10.1 Å². The third kappa shape index (κ3) is 3.59. The molecule has 2 aromatic heterocycles. The molecule has 2 aromatic carbocycles. The number of para-hydroxylation sites is 1. The van der Waals surface area contributed by atoms with Crippen molar-refractivity contribution in [3.63, 3.8) is 0 Å². The van der Waals surface area contributed by atoms with Crippen molar-refractivity contribution in [2.45, 2.75) is 32.6 Å². The van der Waals surface area contributed by atoms with Crippen molar-refractivity contribution in [2.75, 3.05) is 12.4 Å². The molecule has 0 fully saturated rings. The Kier molecular flexibility index (Phi) is 5.20. The first kappa shape index (κ1) is 19.8. The van der Waals surface area contributed by atoms with Crippen LogP contribution in [0.4, 0.5) is 5.69 Å². The summed E-state index contributed by atoms with van der Waals surface area (Å²) in [6.07, 6.45) is 4.60. The fraction of sp³-hybridized carbons (Fsp3) is 0.231. The number of hydrogen-bond acceptors (Lipinski definition) is 4. The first-order valence-corrected chi connectivity index (χ1v) is 11.4. The number of nitrogens with one attached hydrogen (secondary N) is 1. The number of methoxy groups -OCH3 is 1. The van der Waals surface area contributed by atoms with Gasteiger partial charge in [0.15, 0.2) is 0 Å². The number of pyridine rings is 1. The predicted octanol–water partition coefficient (Wildman–Crippen LogP) is 6.41. The summed E-state index contributed by atoms with van der Waals surface area (Å²) >= 11 is 1.75. The Hall–Kier alpha value is -3.18. The van der Waals surface area contributed by atoms with E-state index in [1.54, 1.807) is 18.4 Å². The van der Waals surface area contributed by atoms with E-state index >= 15 is 0 Å². The van der Waals surface area contributed by atoms with Crippen molar-refractivity contribution in [1.29, 1.82) is 0 Å². The number of anilines is 1. The van der Waals surface area contributed by atoms with Crippen molar-refractivity contribution in [1.82, 2.24) is 4.98 Å². The molecule has 0 saturated carbocycles. The first-order chi connectivity index (χ1) is 15.2. The van der Waals surface area contributed by atoms with E-state index in [-0.39, 0.29) is 5.91 Å². The molecule has 2 heterocycles. The van der Waals surface area contributed by atoms with Gasteiger partial charge >= 0.3 is 0 Å². The number of aromatic nitrogens is 1. The highest BCUT2D eigenvalue weighted by molar-refractivity contribution is 7.19. The van der Waals surface area contributed by atoms with E-state index in [1.807, 2.05) is 49.4 Å². The minimum absolute atomic E-state index is 0.174. The van der Waals surface area contributed by atoms with Crippen LogP contribution < -0.4 is 10.1 Å². The number of hydrogen-bond donors (Lipinski definition) is 1. The molecule has 4 nitrogen and oxygen atoms in total. The highest BCUT2D eigenvalue weighted by Crippen LogP contribution is 2.43. The minimum atomic E-state index is -0.174. The lowest BCUT2D eigenvalue weighted by atomic mass is 9.90. The van der Waals surface area contributed by atoms with Crippen LogP contribution in [-0.4, -0.2) is 18.0 Å². The molecular formula is C26H24N2O2S. The van der Waals surface area contributed by atoms with Crippen LogP contribution in [0.2, 0.25) is 0 Å². The monoisotopic (exact) mass is 428 g/mol. The lowest BCUT2D eigenvalue weighted by Crippen LogP contribution is -2.16. The van der Waals surface area contributed by atoms with Gasteiger partial charge in [0.1, 0.15) is 16.3 Å². The van der Waals surface area contributed by atoms with Gasteiger partial charge in [-0.3, -0.25) is 4.79 Å². The van der Waals surface area contributed by atoms with Gasteiger partial charge in [-0.2, -0.15) is 0 Å². The van der Waals surface area contributed by atoms with Crippen LogP contribution in [0.25, 0.3) is 21.3 Å². The van der Waals surface area contributed by atoms with Crippen molar-refractivity contribution >= 4 is 33.1 Å². The normalized spacial score (nSPS) is 13.1. The summed E-state index contributed by atoms with van der Waals surface area (Å²) in [6, 6.07) is 17.6. The molecular weight excluding hydrogens is 404 g/mol. The fourth-order valence-electron chi connectivity index (χ4n) is 4.43. The standard InChI is InChI=1S/C26H24N2O2S/c1-16-22(17-12-14-19(30-2)15-13-17)23-20-10-6-7-11-21(20)31-26(23)28-24(16)25(29)27-18-8-4-3-5-9-18/h3-5,8-9,12-15H,6-7,10-11H2,1-2H3,(H,27,29). The summed E-state index contributed by atoms with van der Waals surface area (Å²) in [4.78, 5) is 20.5. The summed E-state index contributed by atoms with van der Waals surface area (Å²) in [5.41, 5.74) is 5.79. The van der Waals surface area contributed by atoms with Crippen LogP contribution in [0.3, 0.4) is 0 Å². The van der Waals surface area contributed by atoms with Crippen LogP contribution in [0.1, 0.15) is 39.3 Å². The Morgan fingerprint density at radius 1 is 1.03 bits per heavy atom. The highest BCUT2D eigenvalue weighted by atomic mass is 32.1. The molecule has 1 aliphatic carbocycles. The van der Waals surface area contributed by atoms with Crippen molar-refractivity contribution in [3.05, 3.63) is 76.3 Å². The molecule has 4 aromatic rings. The SMILES string of the molecule is COc1ccc(-c2c(C)c(C(=O)Nc3ccccc3)nc3sc4c(c23)CCCC4)cc1. The van der Waals surface area contributed by atoms with E-state index in [0.29, 0.717) is 5.69 Å². The zero-order valence-electron chi connectivity index (χ0n) is 17.7. The second-order valence-electron chi connectivity index (χ2n) is 7.90. The van der Waals surface area contributed by atoms with Gasteiger partial charge in [0, 0.05) is 16.0 Å². The summed E-state index contributed by atoms with van der Waals surface area (Å²) in [5, 5.41) is 4.23. The molecule has 5 heteroatoms. The van der Waals surface area contributed by atoms with E-state index in [2.05, 4.69) is 17.4 Å². The van der Waals surface area contributed by atoms with Gasteiger partial charge in [0.25, 0.3) is 5.91 Å². The molecule has 0 radical (unpaired) electrons. The average molecular weight is 429 g/mol. The lowest BCUT2D eigenvalue weighted by Gasteiger charge is -2.16. The average Bonchev–Trinajstić information content (AvgIpc) is 3.17. The molecule has 0 saturated heterocycles. The van der Waals surface area contributed by atoms with Gasteiger partial charge in [-0.1, -0.05) is 30.3 Å². The zero-order valence-corrected chi connectivity index (χ0v) is 18.5. The minimum Gasteiger partial charge on any atom is -0.497 e. The number of carbonyl (C=O) groups excluding carboxylic acids is 1. The summed E-state index contributed by atoms with van der Waals surface area (Å²) in [6.45, 7) is 2.01. The summed E-state index contributed by atoms with van der Waals surface area (Å²) < 4.78 is 5.35. The largest absolute Gasteiger partial charge is 0.497 e. The van der Waals surface area contributed by atoms with Gasteiger partial charge in [-0.05, 0) is 79.1 Å². The van der Waals surface area contributed by atoms with E-state index in [0.717, 1.165) is 45.8 Å². The fourth-order valence-corrected chi connectivity index (χ4v) is 5.70. The molecule has 1 N–H and O–H groups in total. The first-order valence-electron chi connectivity index (χ1n) is 10.6. The molecule has 0 atom stereocenters. The molecule has 0 aliphatic heterocycles. The number of ether oxygens (including phenoxy) is 1.